The fourth-order valence-corrected chi connectivity index (χ4v) is 3.34. The first-order valence-corrected chi connectivity index (χ1v) is 10.3. The number of rotatable bonds is 4. The van der Waals surface area contributed by atoms with Gasteiger partial charge >= 0.3 is 0 Å². The lowest BCUT2D eigenvalue weighted by atomic mass is 9.87. The second-order valence-electron chi connectivity index (χ2n) is 7.75. The molecule has 0 fully saturated rings. The molecule has 30 heavy (non-hydrogen) atoms. The van der Waals surface area contributed by atoms with Crippen LogP contribution in [0, 0.1) is 0 Å². The van der Waals surface area contributed by atoms with E-state index in [1.165, 1.54) is 11.3 Å². The maximum absolute atomic E-state index is 12.4. The molecule has 0 aliphatic heterocycles. The summed E-state index contributed by atoms with van der Waals surface area (Å²) in [6.45, 7) is 6.29. The molecule has 0 saturated carbocycles. The summed E-state index contributed by atoms with van der Waals surface area (Å²) in [5.74, 6) is -1.14. The number of benzene rings is 2. The van der Waals surface area contributed by atoms with Crippen LogP contribution in [-0.2, 0) is 5.41 Å². The summed E-state index contributed by atoms with van der Waals surface area (Å²) in [6.07, 6.45) is 0. The number of carbonyl (C=O) groups is 3. The van der Waals surface area contributed by atoms with E-state index < -0.39 is 11.8 Å². The Morgan fingerprint density at radius 1 is 0.767 bits per heavy atom. The lowest BCUT2D eigenvalue weighted by Crippen LogP contribution is -2.41. The molecule has 1 aromatic heterocycles. The van der Waals surface area contributed by atoms with E-state index in [2.05, 4.69) is 36.9 Å². The summed E-state index contributed by atoms with van der Waals surface area (Å²) in [6, 6.07) is 17.3. The monoisotopic (exact) mass is 421 g/mol. The highest BCUT2D eigenvalue weighted by Gasteiger charge is 2.15. The van der Waals surface area contributed by atoms with Gasteiger partial charge in [0.2, 0.25) is 0 Å². The molecule has 6 nitrogen and oxygen atoms in total. The third-order valence-corrected chi connectivity index (χ3v) is 5.30. The third kappa shape index (κ3) is 5.33. The Morgan fingerprint density at radius 3 is 2.03 bits per heavy atom. The molecule has 0 saturated heterocycles. The van der Waals surface area contributed by atoms with Crippen molar-refractivity contribution in [2.45, 2.75) is 26.2 Å². The van der Waals surface area contributed by atoms with Crippen molar-refractivity contribution in [3.05, 3.63) is 87.6 Å². The summed E-state index contributed by atoms with van der Waals surface area (Å²) in [5, 5.41) is 4.57. The van der Waals surface area contributed by atoms with Crippen LogP contribution in [0.25, 0.3) is 0 Å². The van der Waals surface area contributed by atoms with Crippen LogP contribution in [0.3, 0.4) is 0 Å². The third-order valence-electron chi connectivity index (χ3n) is 4.43. The van der Waals surface area contributed by atoms with E-state index in [9.17, 15) is 14.4 Å². The maximum Gasteiger partial charge on any atom is 0.269 e. The Morgan fingerprint density at radius 2 is 1.43 bits per heavy atom. The van der Waals surface area contributed by atoms with Crippen molar-refractivity contribution in [2.75, 3.05) is 5.32 Å². The highest BCUT2D eigenvalue weighted by molar-refractivity contribution is 7.12. The highest BCUT2D eigenvalue weighted by atomic mass is 32.1. The van der Waals surface area contributed by atoms with Gasteiger partial charge in [0.1, 0.15) is 0 Å². The molecule has 3 rings (SSSR count). The van der Waals surface area contributed by atoms with Gasteiger partial charge in [-0.3, -0.25) is 25.2 Å². The van der Waals surface area contributed by atoms with Gasteiger partial charge in [-0.1, -0.05) is 45.0 Å². The number of anilines is 1. The molecule has 0 radical (unpaired) electrons. The van der Waals surface area contributed by atoms with E-state index in [-0.39, 0.29) is 11.3 Å². The van der Waals surface area contributed by atoms with Crippen LogP contribution in [0.5, 0.6) is 0 Å². The Balaban J connectivity index is 1.59. The molecule has 0 aliphatic rings. The molecule has 0 atom stereocenters. The minimum Gasteiger partial charge on any atom is -0.321 e. The number of hydrogen-bond acceptors (Lipinski definition) is 4. The molecule has 1 heterocycles. The van der Waals surface area contributed by atoms with Crippen LogP contribution < -0.4 is 16.2 Å². The summed E-state index contributed by atoms with van der Waals surface area (Å²) in [5.41, 5.74) is 7.17. The van der Waals surface area contributed by atoms with Crippen LogP contribution in [0.1, 0.15) is 56.7 Å². The number of amides is 3. The second-order valence-corrected chi connectivity index (χ2v) is 8.70. The van der Waals surface area contributed by atoms with E-state index in [0.717, 1.165) is 5.56 Å². The quantitative estimate of drug-likeness (QED) is 0.547. The van der Waals surface area contributed by atoms with Crippen LogP contribution >= 0.6 is 11.3 Å². The predicted molar refractivity (Wildman–Crippen MR) is 119 cm³/mol. The molecule has 154 valence electrons. The van der Waals surface area contributed by atoms with E-state index in [4.69, 9.17) is 0 Å². The maximum atomic E-state index is 12.4. The fourth-order valence-electron chi connectivity index (χ4n) is 2.72. The molecule has 0 bridgehead atoms. The van der Waals surface area contributed by atoms with E-state index in [0.29, 0.717) is 21.7 Å². The normalized spacial score (nSPS) is 10.9. The zero-order chi connectivity index (χ0) is 21.7. The molecule has 3 aromatic rings. The van der Waals surface area contributed by atoms with Crippen molar-refractivity contribution in [2.24, 2.45) is 0 Å². The van der Waals surface area contributed by atoms with Gasteiger partial charge in [-0.05, 0) is 52.8 Å². The Labute approximate surface area is 179 Å². The molecule has 7 heteroatoms. The first-order valence-electron chi connectivity index (χ1n) is 9.40. The van der Waals surface area contributed by atoms with E-state index >= 15 is 0 Å². The fraction of sp³-hybridized carbons (Fsp3) is 0.174. The summed E-state index contributed by atoms with van der Waals surface area (Å²) in [4.78, 5) is 37.4. The Kier molecular flexibility index (Phi) is 6.32. The standard InChI is InChI=1S/C23H23N3O3S/c1-23(2,3)17-11-9-15(10-12-17)20(27)25-26-21(28)16-6-4-7-18(14-16)24-22(29)19-8-5-13-30-19/h4-14H,1-3H3,(H,24,29)(H,25,27)(H,26,28). The first kappa shape index (κ1) is 21.3. The molecule has 3 N–H and O–H groups in total. The minimum absolute atomic E-state index is 0.00679. The average Bonchev–Trinajstić information content (AvgIpc) is 3.26. The minimum atomic E-state index is -0.484. The number of hydrogen-bond donors (Lipinski definition) is 3. The summed E-state index contributed by atoms with van der Waals surface area (Å²) >= 11 is 1.33. The van der Waals surface area contributed by atoms with Crippen LogP contribution in [-0.4, -0.2) is 17.7 Å². The molecule has 2 aromatic carbocycles. The number of thiophene rings is 1. The topological polar surface area (TPSA) is 87.3 Å². The second kappa shape index (κ2) is 8.92. The smallest absolute Gasteiger partial charge is 0.269 e. The largest absolute Gasteiger partial charge is 0.321 e. The molecular formula is C23H23N3O3S. The van der Waals surface area contributed by atoms with Crippen LogP contribution in [0.15, 0.2) is 66.0 Å². The van der Waals surface area contributed by atoms with Crippen LogP contribution in [0.4, 0.5) is 5.69 Å². The van der Waals surface area contributed by atoms with E-state index in [1.807, 2.05) is 17.5 Å². The average molecular weight is 422 g/mol. The van der Waals surface area contributed by atoms with Crippen molar-refractivity contribution in [3.63, 3.8) is 0 Å². The SMILES string of the molecule is CC(C)(C)c1ccc(C(=O)NNC(=O)c2cccc(NC(=O)c3cccs3)c2)cc1. The van der Waals surface area contributed by atoms with Crippen molar-refractivity contribution >= 4 is 34.7 Å². The van der Waals surface area contributed by atoms with Crippen molar-refractivity contribution in [1.82, 2.24) is 10.9 Å². The van der Waals surface area contributed by atoms with Crippen molar-refractivity contribution in [1.29, 1.82) is 0 Å². The van der Waals surface area contributed by atoms with Gasteiger partial charge in [-0.15, -0.1) is 11.3 Å². The molecule has 0 aliphatic carbocycles. The number of carbonyl (C=O) groups excluding carboxylic acids is 3. The lowest BCUT2D eigenvalue weighted by molar-refractivity contribution is 0.0846. The van der Waals surface area contributed by atoms with Gasteiger partial charge in [0.25, 0.3) is 17.7 Å². The summed E-state index contributed by atoms with van der Waals surface area (Å²) < 4.78 is 0. The number of nitrogens with one attached hydrogen (secondary N) is 3. The van der Waals surface area contributed by atoms with Crippen molar-refractivity contribution in [3.8, 4) is 0 Å². The molecule has 0 unspecified atom stereocenters. The van der Waals surface area contributed by atoms with Gasteiger partial charge in [0.05, 0.1) is 4.88 Å². The summed E-state index contributed by atoms with van der Waals surface area (Å²) in [7, 11) is 0. The first-order chi connectivity index (χ1) is 14.2. The molecule has 0 spiro atoms. The highest BCUT2D eigenvalue weighted by Crippen LogP contribution is 2.22. The van der Waals surface area contributed by atoms with Gasteiger partial charge in [0.15, 0.2) is 0 Å². The molecular weight excluding hydrogens is 398 g/mol. The zero-order valence-electron chi connectivity index (χ0n) is 17.0. The van der Waals surface area contributed by atoms with Crippen LogP contribution in [0.2, 0.25) is 0 Å². The van der Waals surface area contributed by atoms with Gasteiger partial charge in [0, 0.05) is 16.8 Å². The zero-order valence-corrected chi connectivity index (χ0v) is 17.8. The lowest BCUT2D eigenvalue weighted by Gasteiger charge is -2.19. The van der Waals surface area contributed by atoms with Crippen molar-refractivity contribution < 1.29 is 14.4 Å². The number of hydrazine groups is 1. The predicted octanol–water partition coefficient (Wildman–Crippen LogP) is 4.37. The van der Waals surface area contributed by atoms with Gasteiger partial charge in [-0.25, -0.2) is 0 Å². The van der Waals surface area contributed by atoms with Gasteiger partial charge < -0.3 is 5.32 Å². The van der Waals surface area contributed by atoms with Gasteiger partial charge in [-0.2, -0.15) is 0 Å². The Hall–Kier alpha value is -3.45. The molecule has 3 amide bonds. The Bertz CT molecular complexity index is 1050. The van der Waals surface area contributed by atoms with E-state index in [1.54, 1.807) is 48.5 Å².